The molecule has 1 aromatic carbocycles. The number of hydrogen-bond acceptors (Lipinski definition) is 3. The molecule has 2 heterocycles. The van der Waals surface area contributed by atoms with Gasteiger partial charge in [0.15, 0.2) is 6.54 Å². The van der Waals surface area contributed by atoms with E-state index >= 15 is 0 Å². The SMILES string of the molecule is Cc1ccc(NC(=O)NC(=O)C[NH+]2CCc3sccc3[C@H]2C)c(C)c1. The Morgan fingerprint density at radius 2 is 2.08 bits per heavy atom. The molecule has 2 atom stereocenters. The van der Waals surface area contributed by atoms with Gasteiger partial charge in [-0.25, -0.2) is 4.79 Å². The van der Waals surface area contributed by atoms with Crippen LogP contribution < -0.4 is 15.5 Å². The van der Waals surface area contributed by atoms with Gasteiger partial charge in [0.05, 0.1) is 6.54 Å². The molecule has 1 unspecified atom stereocenters. The summed E-state index contributed by atoms with van der Waals surface area (Å²) in [5.74, 6) is -0.247. The lowest BCUT2D eigenvalue weighted by Crippen LogP contribution is -3.14. The van der Waals surface area contributed by atoms with E-state index in [4.69, 9.17) is 0 Å². The number of aryl methyl sites for hydroxylation is 2. The van der Waals surface area contributed by atoms with Gasteiger partial charge in [-0.05, 0) is 43.8 Å². The molecule has 0 fully saturated rings. The van der Waals surface area contributed by atoms with Gasteiger partial charge in [-0.2, -0.15) is 0 Å². The Bertz CT molecular complexity index is 800. The second-order valence-electron chi connectivity index (χ2n) is 6.68. The number of urea groups is 1. The van der Waals surface area contributed by atoms with Crippen LogP contribution in [0.2, 0.25) is 0 Å². The fourth-order valence-corrected chi connectivity index (χ4v) is 4.36. The Labute approximate surface area is 152 Å². The van der Waals surface area contributed by atoms with Gasteiger partial charge in [-0.15, -0.1) is 11.3 Å². The van der Waals surface area contributed by atoms with Crippen LogP contribution in [0.4, 0.5) is 10.5 Å². The van der Waals surface area contributed by atoms with E-state index in [1.807, 2.05) is 32.0 Å². The summed E-state index contributed by atoms with van der Waals surface area (Å²) in [5, 5.41) is 7.31. The molecule has 1 aromatic heterocycles. The Morgan fingerprint density at radius 3 is 2.84 bits per heavy atom. The number of carbonyl (C=O) groups excluding carboxylic acids is 2. The summed E-state index contributed by atoms with van der Waals surface area (Å²) in [6.07, 6.45) is 0.995. The van der Waals surface area contributed by atoms with Crippen molar-refractivity contribution in [2.24, 2.45) is 0 Å². The smallest absolute Gasteiger partial charge is 0.321 e. The molecule has 3 N–H and O–H groups in total. The molecular weight excluding hydrogens is 334 g/mol. The maximum absolute atomic E-state index is 12.3. The van der Waals surface area contributed by atoms with Crippen molar-refractivity contribution in [1.29, 1.82) is 0 Å². The maximum Gasteiger partial charge on any atom is 0.326 e. The number of carbonyl (C=O) groups is 2. The zero-order valence-corrected chi connectivity index (χ0v) is 15.6. The molecule has 0 bridgehead atoms. The van der Waals surface area contributed by atoms with Gasteiger partial charge in [0.1, 0.15) is 6.04 Å². The molecule has 2 aromatic rings. The number of amides is 3. The predicted molar refractivity (Wildman–Crippen MR) is 100 cm³/mol. The molecule has 1 aliphatic heterocycles. The number of nitrogens with one attached hydrogen (secondary N) is 3. The van der Waals surface area contributed by atoms with Crippen molar-refractivity contribution in [3.63, 3.8) is 0 Å². The number of anilines is 1. The third kappa shape index (κ3) is 4.08. The van der Waals surface area contributed by atoms with Crippen LogP contribution >= 0.6 is 11.3 Å². The van der Waals surface area contributed by atoms with Crippen molar-refractivity contribution in [3.05, 3.63) is 51.2 Å². The van der Waals surface area contributed by atoms with Crippen molar-refractivity contribution in [3.8, 4) is 0 Å². The van der Waals surface area contributed by atoms with E-state index < -0.39 is 6.03 Å². The summed E-state index contributed by atoms with van der Waals surface area (Å²) in [6, 6.07) is 7.73. The number of rotatable bonds is 3. The van der Waals surface area contributed by atoms with E-state index in [1.165, 1.54) is 15.3 Å². The average molecular weight is 358 g/mol. The second kappa shape index (κ2) is 7.37. The van der Waals surface area contributed by atoms with Gasteiger partial charge in [-0.3, -0.25) is 10.1 Å². The standard InChI is InChI=1S/C19H23N3O2S/c1-12-4-5-16(13(2)10-12)20-19(24)21-18(23)11-22-8-6-17-15(14(22)3)7-9-25-17/h4-5,7,9-10,14H,6,8,11H2,1-3H3,(H2,20,21,23,24)/p+1/t14-/m1/s1. The molecule has 25 heavy (non-hydrogen) atoms. The summed E-state index contributed by atoms with van der Waals surface area (Å²) in [7, 11) is 0. The van der Waals surface area contributed by atoms with Crippen LogP contribution in [-0.4, -0.2) is 25.0 Å². The van der Waals surface area contributed by atoms with E-state index in [1.54, 1.807) is 11.3 Å². The van der Waals surface area contributed by atoms with Crippen LogP contribution in [0.3, 0.4) is 0 Å². The summed E-state index contributed by atoms with van der Waals surface area (Å²) in [6.45, 7) is 7.30. The van der Waals surface area contributed by atoms with Crippen molar-refractivity contribution >= 4 is 29.0 Å². The summed E-state index contributed by atoms with van der Waals surface area (Å²) in [4.78, 5) is 27.0. The van der Waals surface area contributed by atoms with E-state index in [0.29, 0.717) is 6.54 Å². The molecule has 132 valence electrons. The number of quaternary nitrogens is 1. The molecule has 5 nitrogen and oxygen atoms in total. The molecular formula is C19H24N3O2S+. The number of imide groups is 1. The zero-order valence-electron chi connectivity index (χ0n) is 14.8. The number of thiophene rings is 1. The zero-order chi connectivity index (χ0) is 18.0. The van der Waals surface area contributed by atoms with Crippen LogP contribution in [0.15, 0.2) is 29.6 Å². The third-order valence-electron chi connectivity index (χ3n) is 4.80. The minimum absolute atomic E-state index is 0.247. The van der Waals surface area contributed by atoms with Crippen LogP contribution in [0.25, 0.3) is 0 Å². The lowest BCUT2D eigenvalue weighted by atomic mass is 10.0. The molecule has 3 rings (SSSR count). The van der Waals surface area contributed by atoms with Crippen molar-refractivity contribution in [1.82, 2.24) is 5.32 Å². The summed E-state index contributed by atoms with van der Waals surface area (Å²) >= 11 is 1.79. The largest absolute Gasteiger partial charge is 0.326 e. The van der Waals surface area contributed by atoms with Gasteiger partial charge in [0.2, 0.25) is 0 Å². The Balaban J connectivity index is 1.55. The first-order valence-corrected chi connectivity index (χ1v) is 9.41. The molecule has 0 radical (unpaired) electrons. The first-order chi connectivity index (χ1) is 11.9. The number of hydrogen-bond donors (Lipinski definition) is 3. The number of benzene rings is 1. The van der Waals surface area contributed by atoms with Gasteiger partial charge in [-0.1, -0.05) is 17.7 Å². The highest BCUT2D eigenvalue weighted by molar-refractivity contribution is 7.10. The monoisotopic (exact) mass is 358 g/mol. The fourth-order valence-electron chi connectivity index (χ4n) is 3.38. The van der Waals surface area contributed by atoms with Crippen molar-refractivity contribution < 1.29 is 14.5 Å². The number of fused-ring (bicyclic) bond motifs is 1. The van der Waals surface area contributed by atoms with E-state index in [-0.39, 0.29) is 11.9 Å². The normalized spacial score (nSPS) is 19.2. The lowest BCUT2D eigenvalue weighted by molar-refractivity contribution is -0.924. The third-order valence-corrected chi connectivity index (χ3v) is 5.80. The van der Waals surface area contributed by atoms with Gasteiger partial charge >= 0.3 is 6.03 Å². The van der Waals surface area contributed by atoms with Gasteiger partial charge in [0, 0.05) is 22.5 Å². The Morgan fingerprint density at radius 1 is 1.28 bits per heavy atom. The van der Waals surface area contributed by atoms with E-state index in [0.717, 1.165) is 29.8 Å². The first kappa shape index (κ1) is 17.6. The highest BCUT2D eigenvalue weighted by Crippen LogP contribution is 2.24. The summed E-state index contributed by atoms with van der Waals surface area (Å²) < 4.78 is 0. The van der Waals surface area contributed by atoms with Crippen LogP contribution in [0.1, 0.15) is 34.5 Å². The minimum atomic E-state index is -0.475. The van der Waals surface area contributed by atoms with Crippen LogP contribution in [0, 0.1) is 13.8 Å². The highest BCUT2D eigenvalue weighted by atomic mass is 32.1. The minimum Gasteiger partial charge on any atom is -0.321 e. The predicted octanol–water partition coefficient (Wildman–Crippen LogP) is 2.22. The molecule has 0 saturated carbocycles. The average Bonchev–Trinajstić information content (AvgIpc) is 3.02. The van der Waals surface area contributed by atoms with E-state index in [2.05, 4.69) is 29.0 Å². The van der Waals surface area contributed by atoms with Crippen molar-refractivity contribution in [2.45, 2.75) is 33.2 Å². The van der Waals surface area contributed by atoms with Crippen molar-refractivity contribution in [2.75, 3.05) is 18.4 Å². The maximum atomic E-state index is 12.3. The summed E-state index contributed by atoms with van der Waals surface area (Å²) in [5.41, 5.74) is 4.16. The molecule has 0 aliphatic carbocycles. The van der Waals surface area contributed by atoms with Gasteiger partial charge in [0.25, 0.3) is 5.91 Å². The molecule has 3 amide bonds. The molecule has 0 spiro atoms. The highest BCUT2D eigenvalue weighted by Gasteiger charge is 2.30. The molecule has 6 heteroatoms. The lowest BCUT2D eigenvalue weighted by Gasteiger charge is -2.29. The van der Waals surface area contributed by atoms with Gasteiger partial charge < -0.3 is 10.2 Å². The van der Waals surface area contributed by atoms with Crippen LogP contribution in [-0.2, 0) is 11.2 Å². The quantitative estimate of drug-likeness (QED) is 0.788. The first-order valence-electron chi connectivity index (χ1n) is 8.53. The molecule has 0 saturated heterocycles. The molecule has 1 aliphatic rings. The fraction of sp³-hybridized carbons (Fsp3) is 0.368. The Hall–Kier alpha value is -2.18. The van der Waals surface area contributed by atoms with Crippen LogP contribution in [0.5, 0.6) is 0 Å². The topological polar surface area (TPSA) is 62.6 Å². The van der Waals surface area contributed by atoms with E-state index in [9.17, 15) is 9.59 Å². The second-order valence-corrected chi connectivity index (χ2v) is 7.68. The Kier molecular flexibility index (Phi) is 5.20.